The van der Waals surface area contributed by atoms with Crippen molar-refractivity contribution in [2.75, 3.05) is 19.8 Å². The summed E-state index contributed by atoms with van der Waals surface area (Å²) in [5.41, 5.74) is 0.622. The Morgan fingerprint density at radius 2 is 1.80 bits per heavy atom. The minimum absolute atomic E-state index is 0.0330. The summed E-state index contributed by atoms with van der Waals surface area (Å²) >= 11 is 0. The molecule has 4 atom stereocenters. The number of imide groups is 1. The fourth-order valence-corrected chi connectivity index (χ4v) is 6.42. The van der Waals surface area contributed by atoms with Crippen molar-refractivity contribution in [2.24, 2.45) is 11.8 Å². The van der Waals surface area contributed by atoms with Crippen LogP contribution in [0.2, 0.25) is 18.1 Å². The Balaban J connectivity index is 2.01. The van der Waals surface area contributed by atoms with Crippen molar-refractivity contribution < 1.29 is 33.1 Å². The maximum atomic E-state index is 13.6. The van der Waals surface area contributed by atoms with Crippen LogP contribution < -0.4 is 0 Å². The van der Waals surface area contributed by atoms with Crippen molar-refractivity contribution in [3.63, 3.8) is 0 Å². The Morgan fingerprint density at radius 3 is 2.37 bits per heavy atom. The Labute approximate surface area is 243 Å². The highest BCUT2D eigenvalue weighted by atomic mass is 28.4. The van der Waals surface area contributed by atoms with Gasteiger partial charge in [-0.15, -0.1) is 0 Å². The van der Waals surface area contributed by atoms with E-state index in [1.807, 2.05) is 13.8 Å². The fraction of sp³-hybridized carbons (Fsp3) is 0.500. The SMILES string of the molecule is C=CCOC(=O)C1=C(CN(C(=O)OCC=C)C(=O)c2cccnc2)[C@H](C)[C@@H]2[C@@H]([C@@H](C)O[Si](C)(C)C(C)(C)C)C(=O)N12. The van der Waals surface area contributed by atoms with E-state index in [4.69, 9.17) is 13.9 Å². The third-order valence-electron chi connectivity index (χ3n) is 8.14. The highest BCUT2D eigenvalue weighted by molar-refractivity contribution is 6.74. The molecule has 0 aromatic carbocycles. The summed E-state index contributed by atoms with van der Waals surface area (Å²) in [6.45, 7) is 21.1. The molecule has 1 fully saturated rings. The lowest BCUT2D eigenvalue weighted by molar-refractivity contribution is -0.163. The maximum absolute atomic E-state index is 13.6. The molecule has 0 spiro atoms. The lowest BCUT2D eigenvalue weighted by Crippen LogP contribution is -2.65. The average molecular weight is 584 g/mol. The van der Waals surface area contributed by atoms with E-state index in [9.17, 15) is 19.2 Å². The molecule has 2 aliphatic rings. The zero-order valence-electron chi connectivity index (χ0n) is 25.0. The lowest BCUT2D eigenvalue weighted by atomic mass is 9.77. The zero-order valence-corrected chi connectivity index (χ0v) is 26.0. The molecule has 2 aliphatic heterocycles. The molecule has 0 saturated carbocycles. The number of nitrogens with zero attached hydrogens (tertiary/aromatic N) is 3. The molecule has 0 N–H and O–H groups in total. The van der Waals surface area contributed by atoms with E-state index >= 15 is 0 Å². The van der Waals surface area contributed by atoms with E-state index in [0.717, 1.165) is 4.90 Å². The first kappa shape index (κ1) is 31.9. The number of hydrogen-bond donors (Lipinski definition) is 0. The van der Waals surface area contributed by atoms with Crippen LogP contribution in [0.3, 0.4) is 0 Å². The molecule has 41 heavy (non-hydrogen) atoms. The lowest BCUT2D eigenvalue weighted by Gasteiger charge is -2.50. The summed E-state index contributed by atoms with van der Waals surface area (Å²) in [6, 6.07) is 2.71. The van der Waals surface area contributed by atoms with E-state index < -0.39 is 44.4 Å². The minimum Gasteiger partial charge on any atom is -0.457 e. The number of β-lactam (4-membered cyclic amide) rings is 1. The van der Waals surface area contributed by atoms with E-state index in [1.165, 1.54) is 35.5 Å². The van der Waals surface area contributed by atoms with Gasteiger partial charge in [0.1, 0.15) is 18.9 Å². The fourth-order valence-electron chi connectivity index (χ4n) is 4.99. The van der Waals surface area contributed by atoms with Gasteiger partial charge in [0.05, 0.1) is 30.2 Å². The zero-order chi connectivity index (χ0) is 30.7. The van der Waals surface area contributed by atoms with Crippen molar-refractivity contribution in [3.05, 3.63) is 66.7 Å². The van der Waals surface area contributed by atoms with Gasteiger partial charge in [-0.1, -0.05) is 53.0 Å². The van der Waals surface area contributed by atoms with Crippen molar-refractivity contribution in [1.29, 1.82) is 0 Å². The normalized spacial score (nSPS) is 21.0. The van der Waals surface area contributed by atoms with Crippen LogP contribution >= 0.6 is 0 Å². The molecule has 1 aromatic rings. The van der Waals surface area contributed by atoms with Gasteiger partial charge in [0, 0.05) is 18.3 Å². The van der Waals surface area contributed by atoms with Crippen molar-refractivity contribution in [2.45, 2.75) is 64.9 Å². The number of fused-ring (bicyclic) bond motifs is 1. The second-order valence-electron chi connectivity index (χ2n) is 11.9. The largest absolute Gasteiger partial charge is 0.457 e. The highest BCUT2D eigenvalue weighted by Gasteiger charge is 2.61. The molecule has 3 rings (SSSR count). The quantitative estimate of drug-likeness (QED) is 0.159. The first-order chi connectivity index (χ1) is 19.2. The van der Waals surface area contributed by atoms with Gasteiger partial charge in [-0.3, -0.25) is 14.6 Å². The molecular weight excluding hydrogens is 542 g/mol. The Hall–Kier alpha value is -3.57. The Morgan fingerprint density at radius 1 is 1.17 bits per heavy atom. The minimum atomic E-state index is -2.20. The smallest absolute Gasteiger partial charge is 0.417 e. The number of amides is 3. The maximum Gasteiger partial charge on any atom is 0.417 e. The number of rotatable bonds is 11. The van der Waals surface area contributed by atoms with E-state index in [-0.39, 0.29) is 47.9 Å². The molecule has 0 bridgehead atoms. The van der Waals surface area contributed by atoms with Crippen LogP contribution in [0.15, 0.2) is 61.1 Å². The van der Waals surface area contributed by atoms with Crippen LogP contribution in [0.25, 0.3) is 0 Å². The number of pyridine rings is 1. The van der Waals surface area contributed by atoms with Gasteiger partial charge >= 0.3 is 12.1 Å². The average Bonchev–Trinajstić information content (AvgIpc) is 3.15. The molecule has 3 amide bonds. The number of carbonyl (C=O) groups excluding carboxylic acids is 4. The predicted octanol–water partition coefficient (Wildman–Crippen LogP) is 4.72. The van der Waals surface area contributed by atoms with E-state index in [0.29, 0.717) is 5.57 Å². The van der Waals surface area contributed by atoms with Gasteiger partial charge in [0.2, 0.25) is 5.91 Å². The van der Waals surface area contributed by atoms with Gasteiger partial charge in [-0.2, -0.15) is 0 Å². The summed E-state index contributed by atoms with van der Waals surface area (Å²) in [6.07, 6.45) is 4.35. The van der Waals surface area contributed by atoms with Crippen molar-refractivity contribution in [1.82, 2.24) is 14.8 Å². The molecule has 0 unspecified atom stereocenters. The summed E-state index contributed by atoms with van der Waals surface area (Å²) in [4.78, 5) is 59.8. The van der Waals surface area contributed by atoms with E-state index in [2.05, 4.69) is 52.0 Å². The molecule has 0 aliphatic carbocycles. The first-order valence-corrected chi connectivity index (χ1v) is 16.6. The second kappa shape index (κ2) is 12.5. The molecule has 1 saturated heterocycles. The molecule has 10 nitrogen and oxygen atoms in total. The summed E-state index contributed by atoms with van der Waals surface area (Å²) < 4.78 is 17.1. The van der Waals surface area contributed by atoms with Crippen LogP contribution in [0.1, 0.15) is 45.0 Å². The van der Waals surface area contributed by atoms with Gasteiger partial charge in [0.25, 0.3) is 5.91 Å². The number of esters is 1. The summed E-state index contributed by atoms with van der Waals surface area (Å²) in [5.74, 6) is -2.53. The molecule has 3 heterocycles. The number of carbonyl (C=O) groups is 4. The van der Waals surface area contributed by atoms with Crippen LogP contribution in [-0.2, 0) is 23.5 Å². The van der Waals surface area contributed by atoms with Gasteiger partial charge in [0.15, 0.2) is 8.32 Å². The molecule has 1 aromatic heterocycles. The summed E-state index contributed by atoms with van der Waals surface area (Å²) in [7, 11) is -2.20. The molecular formula is C30H41N3O7Si. The Bertz CT molecular complexity index is 1240. The highest BCUT2D eigenvalue weighted by Crippen LogP contribution is 2.49. The number of aromatic nitrogens is 1. The van der Waals surface area contributed by atoms with Crippen LogP contribution in [0.5, 0.6) is 0 Å². The van der Waals surface area contributed by atoms with Crippen LogP contribution in [0.4, 0.5) is 4.79 Å². The third-order valence-corrected chi connectivity index (χ3v) is 12.7. The van der Waals surface area contributed by atoms with Gasteiger partial charge < -0.3 is 18.8 Å². The van der Waals surface area contributed by atoms with Crippen molar-refractivity contribution >= 4 is 32.2 Å². The van der Waals surface area contributed by atoms with Crippen LogP contribution in [-0.4, -0.2) is 78.9 Å². The standard InChI is InChI=1S/C30H41N3O7Si/c1-10-15-38-28(36)25-22(18-32(29(37)39-16-11-2)26(34)21-13-12-14-31-17-21)19(3)24-23(27(35)33(24)25)20(4)40-41(8,9)30(5,6)7/h10-14,17,19-20,23-24H,1-2,15-16,18H2,3-9H3/t19-,20+,23+,24+/m0/s1. The molecule has 11 heteroatoms. The first-order valence-electron chi connectivity index (χ1n) is 13.7. The third kappa shape index (κ3) is 6.35. The molecule has 0 radical (unpaired) electrons. The van der Waals surface area contributed by atoms with E-state index in [1.54, 1.807) is 6.07 Å². The second-order valence-corrected chi connectivity index (χ2v) is 16.6. The number of hydrogen-bond acceptors (Lipinski definition) is 8. The van der Waals surface area contributed by atoms with Gasteiger partial charge in [-0.05, 0) is 42.8 Å². The topological polar surface area (TPSA) is 115 Å². The number of ether oxygens (including phenoxy) is 2. The van der Waals surface area contributed by atoms with Crippen LogP contribution in [0, 0.1) is 11.8 Å². The van der Waals surface area contributed by atoms with Gasteiger partial charge in [-0.25, -0.2) is 14.5 Å². The molecule has 222 valence electrons. The predicted molar refractivity (Wildman–Crippen MR) is 156 cm³/mol. The summed E-state index contributed by atoms with van der Waals surface area (Å²) in [5, 5.41) is -0.0585. The Kier molecular flexibility index (Phi) is 9.76. The monoisotopic (exact) mass is 583 g/mol. The van der Waals surface area contributed by atoms with Crippen molar-refractivity contribution in [3.8, 4) is 0 Å².